The number of carbonyl (C=O) groups is 1. The molecule has 1 atom stereocenters. The molecule has 0 aliphatic rings. The average Bonchev–Trinajstić information content (AvgIpc) is 2.66. The monoisotopic (exact) mass is 270 g/mol. The Morgan fingerprint density at radius 3 is 3.07 bits per heavy atom. The summed E-state index contributed by atoms with van der Waals surface area (Å²) >= 11 is -0.0858. The average molecular weight is 269 g/mol. The molecule has 0 aliphatic carbocycles. The molecule has 0 spiro atoms. The van der Waals surface area contributed by atoms with Gasteiger partial charge in [0.05, 0.1) is 0 Å². The molecule has 2 aromatic rings. The van der Waals surface area contributed by atoms with Crippen LogP contribution in [0.1, 0.15) is 6.92 Å². The van der Waals surface area contributed by atoms with Crippen molar-refractivity contribution < 1.29 is 4.79 Å². The summed E-state index contributed by atoms with van der Waals surface area (Å²) in [5.74, 6) is -0.210. The fourth-order valence-electron chi connectivity index (χ4n) is 1.15. The number of aromatic nitrogens is 2. The minimum atomic E-state index is -0.523. The zero-order valence-corrected chi connectivity index (χ0v) is 9.81. The van der Waals surface area contributed by atoms with E-state index in [2.05, 4.69) is 13.3 Å². The molecular formula is C9H10N4OSe. The summed E-state index contributed by atoms with van der Waals surface area (Å²) in [6.07, 6.45) is 0. The number of fused-ring (bicyclic) bond motifs is 1. The van der Waals surface area contributed by atoms with Gasteiger partial charge in [0, 0.05) is 0 Å². The van der Waals surface area contributed by atoms with E-state index in [4.69, 9.17) is 5.73 Å². The fourth-order valence-corrected chi connectivity index (χ4v) is 2.31. The van der Waals surface area contributed by atoms with E-state index in [0.29, 0.717) is 5.69 Å². The molecule has 0 bridgehead atoms. The first-order valence-corrected chi connectivity index (χ1v) is 5.99. The molecular weight excluding hydrogens is 259 g/mol. The molecule has 6 heteroatoms. The molecule has 1 heterocycles. The zero-order valence-electron chi connectivity index (χ0n) is 8.10. The summed E-state index contributed by atoms with van der Waals surface area (Å²) in [6, 6.07) is 5.01. The SMILES string of the molecule is CC(N)C(=O)Nc1cccc2n[se]nc12. The summed E-state index contributed by atoms with van der Waals surface area (Å²) in [6.45, 7) is 1.64. The molecule has 15 heavy (non-hydrogen) atoms. The Kier molecular flexibility index (Phi) is 2.81. The van der Waals surface area contributed by atoms with Crippen molar-refractivity contribution in [1.82, 2.24) is 7.96 Å². The van der Waals surface area contributed by atoms with Gasteiger partial charge < -0.3 is 0 Å². The van der Waals surface area contributed by atoms with Gasteiger partial charge in [0.25, 0.3) is 0 Å². The Hall–Kier alpha value is -1.23. The van der Waals surface area contributed by atoms with Crippen LogP contribution in [0.3, 0.4) is 0 Å². The third-order valence-corrected chi connectivity index (χ3v) is 3.10. The van der Waals surface area contributed by atoms with Gasteiger partial charge in [0.15, 0.2) is 0 Å². The minimum absolute atomic E-state index is 0.0858. The van der Waals surface area contributed by atoms with Crippen LogP contribution < -0.4 is 11.1 Å². The maximum absolute atomic E-state index is 11.4. The Bertz CT molecular complexity index is 494. The van der Waals surface area contributed by atoms with Gasteiger partial charge in [-0.25, -0.2) is 0 Å². The summed E-state index contributed by atoms with van der Waals surface area (Å²) in [4.78, 5) is 11.4. The molecule has 0 saturated carbocycles. The van der Waals surface area contributed by atoms with E-state index in [1.54, 1.807) is 13.0 Å². The second kappa shape index (κ2) is 4.10. The van der Waals surface area contributed by atoms with Crippen LogP contribution >= 0.6 is 0 Å². The molecule has 0 aliphatic heterocycles. The van der Waals surface area contributed by atoms with Crippen molar-refractivity contribution in [2.24, 2.45) is 5.73 Å². The molecule has 1 unspecified atom stereocenters. The van der Waals surface area contributed by atoms with Crippen molar-refractivity contribution in [2.75, 3.05) is 5.32 Å². The van der Waals surface area contributed by atoms with Crippen LogP contribution in [0.4, 0.5) is 5.69 Å². The zero-order chi connectivity index (χ0) is 10.8. The normalized spacial score (nSPS) is 12.7. The number of benzene rings is 1. The molecule has 0 saturated heterocycles. The number of hydrogen-bond donors (Lipinski definition) is 2. The van der Waals surface area contributed by atoms with Crippen molar-refractivity contribution >= 4 is 37.6 Å². The Morgan fingerprint density at radius 1 is 1.53 bits per heavy atom. The Morgan fingerprint density at radius 2 is 2.33 bits per heavy atom. The van der Waals surface area contributed by atoms with Gasteiger partial charge in [0.2, 0.25) is 0 Å². The molecule has 78 valence electrons. The first-order chi connectivity index (χ1) is 7.18. The third kappa shape index (κ3) is 2.07. The molecule has 1 aromatic carbocycles. The number of rotatable bonds is 2. The van der Waals surface area contributed by atoms with Gasteiger partial charge in [-0.2, -0.15) is 0 Å². The first-order valence-electron chi connectivity index (χ1n) is 4.46. The van der Waals surface area contributed by atoms with E-state index in [1.165, 1.54) is 0 Å². The number of carbonyl (C=O) groups excluding carboxylic acids is 1. The first kappa shape index (κ1) is 10.3. The van der Waals surface area contributed by atoms with Gasteiger partial charge in [-0.15, -0.1) is 0 Å². The van der Waals surface area contributed by atoms with Crippen molar-refractivity contribution in [3.8, 4) is 0 Å². The quantitative estimate of drug-likeness (QED) is 0.750. The number of amides is 1. The summed E-state index contributed by atoms with van der Waals surface area (Å²) < 4.78 is 8.48. The van der Waals surface area contributed by atoms with E-state index >= 15 is 0 Å². The molecule has 0 radical (unpaired) electrons. The second-order valence-corrected chi connectivity index (χ2v) is 4.32. The predicted octanol–water partition coefficient (Wildman–Crippen LogP) is -0.0275. The molecule has 0 fully saturated rings. The van der Waals surface area contributed by atoms with Crippen molar-refractivity contribution in [2.45, 2.75) is 13.0 Å². The van der Waals surface area contributed by atoms with E-state index < -0.39 is 6.04 Å². The van der Waals surface area contributed by atoms with E-state index in [9.17, 15) is 4.79 Å². The van der Waals surface area contributed by atoms with Crippen molar-refractivity contribution in [1.29, 1.82) is 0 Å². The second-order valence-electron chi connectivity index (χ2n) is 3.22. The fraction of sp³-hybridized carbons (Fsp3) is 0.222. The van der Waals surface area contributed by atoms with Crippen LogP contribution in [-0.4, -0.2) is 34.9 Å². The third-order valence-electron chi connectivity index (χ3n) is 1.96. The van der Waals surface area contributed by atoms with Gasteiger partial charge in [-0.05, 0) is 0 Å². The van der Waals surface area contributed by atoms with Crippen LogP contribution in [0, 0.1) is 0 Å². The van der Waals surface area contributed by atoms with E-state index in [-0.39, 0.29) is 20.9 Å². The molecule has 1 amide bonds. The molecule has 5 nitrogen and oxygen atoms in total. The van der Waals surface area contributed by atoms with Crippen LogP contribution in [0.5, 0.6) is 0 Å². The van der Waals surface area contributed by atoms with Crippen LogP contribution in [0.25, 0.3) is 11.0 Å². The van der Waals surface area contributed by atoms with Crippen molar-refractivity contribution in [3.05, 3.63) is 18.2 Å². The van der Waals surface area contributed by atoms with Gasteiger partial charge >= 0.3 is 92.6 Å². The summed E-state index contributed by atoms with van der Waals surface area (Å²) in [7, 11) is 0. The van der Waals surface area contributed by atoms with E-state index in [0.717, 1.165) is 11.0 Å². The number of hydrogen-bond acceptors (Lipinski definition) is 4. The molecule has 2 rings (SSSR count). The van der Waals surface area contributed by atoms with Gasteiger partial charge in [-0.3, -0.25) is 0 Å². The standard InChI is InChI=1S/C9H10N4OSe/c1-5(10)9(14)11-6-3-2-4-7-8(6)13-15-12-7/h2-5H,10H2,1H3,(H,11,14). The summed E-state index contributed by atoms with van der Waals surface area (Å²) in [5, 5.41) is 2.73. The van der Waals surface area contributed by atoms with Crippen LogP contribution in [0.2, 0.25) is 0 Å². The van der Waals surface area contributed by atoms with E-state index in [1.807, 2.05) is 12.1 Å². The number of anilines is 1. The number of nitrogens with one attached hydrogen (secondary N) is 1. The Labute approximate surface area is 92.9 Å². The Balaban J connectivity index is 2.35. The predicted molar refractivity (Wildman–Crippen MR) is 58.8 cm³/mol. The van der Waals surface area contributed by atoms with Crippen LogP contribution in [-0.2, 0) is 4.79 Å². The topological polar surface area (TPSA) is 80.9 Å². The van der Waals surface area contributed by atoms with Crippen molar-refractivity contribution in [3.63, 3.8) is 0 Å². The number of nitrogens with zero attached hydrogens (tertiary/aromatic N) is 2. The summed E-state index contributed by atoms with van der Waals surface area (Å²) in [5.41, 5.74) is 7.77. The number of nitrogens with two attached hydrogens (primary N) is 1. The molecule has 1 aromatic heterocycles. The maximum atomic E-state index is 11.4. The van der Waals surface area contributed by atoms with Gasteiger partial charge in [-0.1, -0.05) is 0 Å². The molecule has 3 N–H and O–H groups in total. The van der Waals surface area contributed by atoms with Crippen LogP contribution in [0.15, 0.2) is 18.2 Å². The van der Waals surface area contributed by atoms with Gasteiger partial charge in [0.1, 0.15) is 0 Å².